The molecule has 78 valence electrons. The smallest absolute Gasteiger partial charge is 0.268 e. The van der Waals surface area contributed by atoms with Crippen LogP contribution in [0.2, 0.25) is 0 Å². The maximum Gasteiger partial charge on any atom is 0.268 e. The van der Waals surface area contributed by atoms with Gasteiger partial charge < -0.3 is 15.2 Å². The zero-order chi connectivity index (χ0) is 10.4. The molecule has 2 N–H and O–H groups in total. The second-order valence-electron chi connectivity index (χ2n) is 3.80. The molecule has 5 heteroatoms. The molecule has 0 bridgehead atoms. The minimum Gasteiger partial charge on any atom is -0.352 e. The fourth-order valence-corrected chi connectivity index (χ4v) is 2.26. The van der Waals surface area contributed by atoms with Crippen LogP contribution in [0.25, 0.3) is 0 Å². The standard InChI is InChI=1S/C10H11N3O2/c14-9-6-5-8-10(15)12-3-4-13(8)7(6)1-2-11-9/h5H,1-4H2,(H,11,14)(H,12,15). The van der Waals surface area contributed by atoms with Gasteiger partial charge in [0.2, 0.25) is 0 Å². The van der Waals surface area contributed by atoms with E-state index >= 15 is 0 Å². The highest BCUT2D eigenvalue weighted by molar-refractivity contribution is 6.01. The molecule has 0 aliphatic carbocycles. The lowest BCUT2D eigenvalue weighted by atomic mass is 10.1. The molecule has 0 fully saturated rings. The summed E-state index contributed by atoms with van der Waals surface area (Å²) in [6, 6.07) is 1.69. The van der Waals surface area contributed by atoms with Gasteiger partial charge in [0.25, 0.3) is 11.8 Å². The van der Waals surface area contributed by atoms with Crippen LogP contribution < -0.4 is 10.6 Å². The first-order chi connectivity index (χ1) is 7.27. The van der Waals surface area contributed by atoms with Crippen molar-refractivity contribution in [2.24, 2.45) is 0 Å². The van der Waals surface area contributed by atoms with Crippen molar-refractivity contribution in [3.63, 3.8) is 0 Å². The van der Waals surface area contributed by atoms with Crippen molar-refractivity contribution >= 4 is 11.8 Å². The Morgan fingerprint density at radius 1 is 1.13 bits per heavy atom. The van der Waals surface area contributed by atoms with Gasteiger partial charge in [-0.15, -0.1) is 0 Å². The molecule has 2 amide bonds. The topological polar surface area (TPSA) is 63.1 Å². The molecule has 0 atom stereocenters. The third-order valence-electron chi connectivity index (χ3n) is 2.95. The first-order valence-corrected chi connectivity index (χ1v) is 5.06. The van der Waals surface area contributed by atoms with Crippen molar-refractivity contribution in [1.82, 2.24) is 15.2 Å². The summed E-state index contributed by atoms with van der Waals surface area (Å²) < 4.78 is 1.97. The lowest BCUT2D eigenvalue weighted by molar-refractivity contribution is 0.0922. The van der Waals surface area contributed by atoms with Gasteiger partial charge in [-0.1, -0.05) is 0 Å². The normalized spacial score (nSPS) is 18.9. The molecule has 0 saturated heterocycles. The molecule has 0 radical (unpaired) electrons. The van der Waals surface area contributed by atoms with Crippen LogP contribution in [-0.4, -0.2) is 29.5 Å². The van der Waals surface area contributed by atoms with Gasteiger partial charge in [0, 0.05) is 31.7 Å². The lowest BCUT2D eigenvalue weighted by Gasteiger charge is -2.20. The molecule has 3 rings (SSSR count). The highest BCUT2D eigenvalue weighted by Crippen LogP contribution is 2.21. The van der Waals surface area contributed by atoms with Crippen LogP contribution in [-0.2, 0) is 13.0 Å². The van der Waals surface area contributed by atoms with Crippen LogP contribution >= 0.6 is 0 Å². The highest BCUT2D eigenvalue weighted by Gasteiger charge is 2.27. The molecule has 1 aromatic rings. The summed E-state index contributed by atoms with van der Waals surface area (Å²) in [5.74, 6) is -0.144. The number of hydrogen-bond acceptors (Lipinski definition) is 2. The van der Waals surface area contributed by atoms with Crippen LogP contribution in [0, 0.1) is 0 Å². The molecular weight excluding hydrogens is 194 g/mol. The first-order valence-electron chi connectivity index (χ1n) is 5.06. The van der Waals surface area contributed by atoms with Crippen molar-refractivity contribution in [3.8, 4) is 0 Å². The van der Waals surface area contributed by atoms with E-state index in [4.69, 9.17) is 0 Å². The number of nitrogens with one attached hydrogen (secondary N) is 2. The average Bonchev–Trinajstić information content (AvgIpc) is 2.60. The van der Waals surface area contributed by atoms with Crippen molar-refractivity contribution in [3.05, 3.63) is 23.0 Å². The fourth-order valence-electron chi connectivity index (χ4n) is 2.26. The predicted octanol–water partition coefficient (Wildman–Crippen LogP) is -0.483. The maximum atomic E-state index is 11.6. The molecule has 2 aliphatic heterocycles. The number of hydrogen-bond donors (Lipinski definition) is 2. The quantitative estimate of drug-likeness (QED) is 0.600. The Labute approximate surface area is 86.5 Å². The summed E-state index contributed by atoms with van der Waals surface area (Å²) in [4.78, 5) is 23.1. The van der Waals surface area contributed by atoms with E-state index in [1.54, 1.807) is 6.07 Å². The molecule has 0 spiro atoms. The van der Waals surface area contributed by atoms with E-state index in [0.717, 1.165) is 18.7 Å². The predicted molar refractivity (Wildman–Crippen MR) is 52.8 cm³/mol. The fraction of sp³-hybridized carbons (Fsp3) is 0.400. The van der Waals surface area contributed by atoms with Crippen molar-refractivity contribution in [1.29, 1.82) is 0 Å². The third-order valence-corrected chi connectivity index (χ3v) is 2.95. The van der Waals surface area contributed by atoms with Crippen molar-refractivity contribution in [2.45, 2.75) is 13.0 Å². The zero-order valence-corrected chi connectivity index (χ0v) is 8.17. The highest BCUT2D eigenvalue weighted by atomic mass is 16.2. The summed E-state index contributed by atoms with van der Waals surface area (Å²) in [7, 11) is 0. The van der Waals surface area contributed by atoms with Gasteiger partial charge in [-0.2, -0.15) is 0 Å². The van der Waals surface area contributed by atoms with Crippen molar-refractivity contribution < 1.29 is 9.59 Å². The van der Waals surface area contributed by atoms with Crippen LogP contribution in [0.1, 0.15) is 26.5 Å². The Hall–Kier alpha value is -1.78. The first kappa shape index (κ1) is 8.52. The van der Waals surface area contributed by atoms with E-state index in [2.05, 4.69) is 10.6 Å². The van der Waals surface area contributed by atoms with Crippen LogP contribution in [0.3, 0.4) is 0 Å². The molecule has 5 nitrogen and oxygen atoms in total. The van der Waals surface area contributed by atoms with Crippen LogP contribution in [0.15, 0.2) is 6.07 Å². The second kappa shape index (κ2) is 2.85. The van der Waals surface area contributed by atoms with Gasteiger partial charge in [-0.05, 0) is 6.07 Å². The van der Waals surface area contributed by atoms with Crippen LogP contribution in [0.5, 0.6) is 0 Å². The number of carbonyl (C=O) groups excluding carboxylic acids is 2. The monoisotopic (exact) mass is 205 g/mol. The molecule has 15 heavy (non-hydrogen) atoms. The number of rotatable bonds is 0. The molecule has 2 aliphatic rings. The van der Waals surface area contributed by atoms with E-state index in [-0.39, 0.29) is 11.8 Å². The van der Waals surface area contributed by atoms with Gasteiger partial charge in [0.05, 0.1) is 5.56 Å². The number of aromatic nitrogens is 1. The van der Waals surface area contributed by atoms with E-state index in [1.165, 1.54) is 0 Å². The third kappa shape index (κ3) is 1.09. The second-order valence-corrected chi connectivity index (χ2v) is 3.80. The van der Waals surface area contributed by atoms with Crippen molar-refractivity contribution in [2.75, 3.05) is 13.1 Å². The molecule has 0 aromatic carbocycles. The number of carbonyl (C=O) groups is 2. The lowest BCUT2D eigenvalue weighted by Crippen LogP contribution is -2.37. The van der Waals surface area contributed by atoms with Crippen LogP contribution in [0.4, 0.5) is 0 Å². The Morgan fingerprint density at radius 2 is 1.93 bits per heavy atom. The largest absolute Gasteiger partial charge is 0.352 e. The van der Waals surface area contributed by atoms with E-state index in [1.807, 2.05) is 4.57 Å². The van der Waals surface area contributed by atoms with E-state index < -0.39 is 0 Å². The SMILES string of the molecule is O=C1NCCc2c1cc1n2CCNC1=O. The summed E-state index contributed by atoms with van der Waals surface area (Å²) in [6.45, 7) is 2.08. The Balaban J connectivity index is 2.20. The molecule has 0 unspecified atom stereocenters. The van der Waals surface area contributed by atoms with Gasteiger partial charge in [-0.3, -0.25) is 9.59 Å². The minimum absolute atomic E-state index is 0.0639. The summed E-state index contributed by atoms with van der Waals surface area (Å²) in [5.41, 5.74) is 2.28. The Morgan fingerprint density at radius 3 is 2.80 bits per heavy atom. The molecular formula is C10H11N3O2. The van der Waals surface area contributed by atoms with Gasteiger partial charge in [0.15, 0.2) is 0 Å². The van der Waals surface area contributed by atoms with Gasteiger partial charge in [0.1, 0.15) is 5.69 Å². The number of amides is 2. The zero-order valence-electron chi connectivity index (χ0n) is 8.17. The summed E-state index contributed by atoms with van der Waals surface area (Å²) in [5, 5.41) is 5.55. The molecule has 1 aromatic heterocycles. The van der Waals surface area contributed by atoms with Gasteiger partial charge >= 0.3 is 0 Å². The number of fused-ring (bicyclic) bond motifs is 3. The minimum atomic E-state index is -0.0801. The molecule has 0 saturated carbocycles. The van der Waals surface area contributed by atoms with E-state index in [9.17, 15) is 9.59 Å². The van der Waals surface area contributed by atoms with Gasteiger partial charge in [-0.25, -0.2) is 0 Å². The maximum absolute atomic E-state index is 11.6. The molecule has 3 heterocycles. The Bertz CT molecular complexity index is 421. The number of nitrogens with zero attached hydrogens (tertiary/aromatic N) is 1. The summed E-state index contributed by atoms with van der Waals surface area (Å²) in [6.07, 6.45) is 0.814. The average molecular weight is 205 g/mol. The summed E-state index contributed by atoms with van der Waals surface area (Å²) >= 11 is 0. The Kier molecular flexibility index (Phi) is 1.62. The van der Waals surface area contributed by atoms with E-state index in [0.29, 0.717) is 24.3 Å².